The Kier molecular flexibility index (Phi) is 7.89. The molecule has 0 radical (unpaired) electrons. The number of piperidine rings is 1. The average molecular weight is 354 g/mol. The number of rotatable bonds is 4. The van der Waals surface area contributed by atoms with Crippen LogP contribution < -0.4 is 5.11 Å². The summed E-state index contributed by atoms with van der Waals surface area (Å²) in [5.74, 6) is -0.306. The van der Waals surface area contributed by atoms with E-state index >= 15 is 0 Å². The third kappa shape index (κ3) is 4.48. The molecule has 0 saturated carbocycles. The van der Waals surface area contributed by atoms with Gasteiger partial charge in [-0.25, -0.2) is 0 Å². The minimum absolute atomic E-state index is 0. The quantitative estimate of drug-likeness (QED) is 0.738. The molecular formula is C15H27Cl2N2O3-. The SMILES string of the molecule is CN1C2CCC1CC(C1CN(CCC(=O)[O-])CCO1)C2.Cl.Cl. The van der Waals surface area contributed by atoms with Crippen molar-refractivity contribution in [1.82, 2.24) is 9.80 Å². The maximum absolute atomic E-state index is 10.6. The summed E-state index contributed by atoms with van der Waals surface area (Å²) >= 11 is 0. The summed E-state index contributed by atoms with van der Waals surface area (Å²) in [6.45, 7) is 3.07. The van der Waals surface area contributed by atoms with Crippen molar-refractivity contribution in [3.05, 3.63) is 0 Å². The molecule has 3 aliphatic heterocycles. The van der Waals surface area contributed by atoms with Gasteiger partial charge in [-0.2, -0.15) is 0 Å². The number of halogens is 2. The van der Waals surface area contributed by atoms with E-state index in [2.05, 4.69) is 16.8 Å². The van der Waals surface area contributed by atoms with Crippen molar-refractivity contribution < 1.29 is 14.6 Å². The molecule has 0 aliphatic carbocycles. The minimum Gasteiger partial charge on any atom is -0.550 e. The summed E-state index contributed by atoms with van der Waals surface area (Å²) in [6, 6.07) is 1.47. The van der Waals surface area contributed by atoms with Gasteiger partial charge in [0.15, 0.2) is 0 Å². The van der Waals surface area contributed by atoms with Crippen LogP contribution in [0.25, 0.3) is 0 Å². The van der Waals surface area contributed by atoms with Gasteiger partial charge in [0.25, 0.3) is 0 Å². The first kappa shape index (κ1) is 20.0. The molecule has 0 aromatic heterocycles. The van der Waals surface area contributed by atoms with Crippen molar-refractivity contribution in [2.75, 3.05) is 33.3 Å². The van der Waals surface area contributed by atoms with Gasteiger partial charge in [-0.1, -0.05) is 0 Å². The molecule has 5 nitrogen and oxygen atoms in total. The summed E-state index contributed by atoms with van der Waals surface area (Å²) in [4.78, 5) is 15.4. The van der Waals surface area contributed by atoms with Crippen LogP contribution in [0.4, 0.5) is 0 Å². The number of carboxylic acids is 1. The van der Waals surface area contributed by atoms with Gasteiger partial charge in [0, 0.05) is 37.7 Å². The molecule has 3 fully saturated rings. The van der Waals surface area contributed by atoms with E-state index in [0.29, 0.717) is 18.6 Å². The first-order chi connectivity index (χ1) is 9.63. The third-order valence-electron chi connectivity index (χ3n) is 5.47. The third-order valence-corrected chi connectivity index (χ3v) is 5.47. The number of fused-ring (bicyclic) bond motifs is 2. The molecule has 130 valence electrons. The van der Waals surface area contributed by atoms with Crippen molar-refractivity contribution in [3.63, 3.8) is 0 Å². The largest absolute Gasteiger partial charge is 0.550 e. The lowest BCUT2D eigenvalue weighted by Gasteiger charge is -2.43. The molecule has 7 heteroatoms. The molecular weight excluding hydrogens is 327 g/mol. The van der Waals surface area contributed by atoms with Gasteiger partial charge < -0.3 is 19.5 Å². The maximum Gasteiger partial charge on any atom is 0.0731 e. The highest BCUT2D eigenvalue weighted by Gasteiger charge is 2.42. The zero-order valence-corrected chi connectivity index (χ0v) is 14.7. The zero-order valence-electron chi connectivity index (χ0n) is 13.1. The number of nitrogens with zero attached hydrogens (tertiary/aromatic N) is 2. The van der Waals surface area contributed by atoms with E-state index in [1.165, 1.54) is 25.7 Å². The molecule has 22 heavy (non-hydrogen) atoms. The highest BCUT2D eigenvalue weighted by atomic mass is 35.5. The molecule has 3 unspecified atom stereocenters. The van der Waals surface area contributed by atoms with Gasteiger partial charge in [-0.05, 0) is 45.1 Å². The molecule has 3 heterocycles. The van der Waals surface area contributed by atoms with Gasteiger partial charge in [0.1, 0.15) is 0 Å². The number of hydrogen-bond donors (Lipinski definition) is 0. The second kappa shape index (κ2) is 8.69. The predicted octanol–water partition coefficient (Wildman–Crippen LogP) is 0.544. The molecule has 3 aliphatic rings. The Morgan fingerprint density at radius 3 is 2.45 bits per heavy atom. The zero-order chi connectivity index (χ0) is 14.1. The molecule has 2 bridgehead atoms. The lowest BCUT2D eigenvalue weighted by atomic mass is 9.86. The Bertz CT molecular complexity index is 359. The van der Waals surface area contributed by atoms with E-state index in [-0.39, 0.29) is 31.2 Å². The van der Waals surface area contributed by atoms with E-state index < -0.39 is 5.97 Å². The molecule has 0 aromatic rings. The van der Waals surface area contributed by atoms with Crippen molar-refractivity contribution in [3.8, 4) is 0 Å². The molecule has 0 spiro atoms. The smallest absolute Gasteiger partial charge is 0.0731 e. The van der Waals surface area contributed by atoms with Crippen molar-refractivity contribution in [1.29, 1.82) is 0 Å². The summed E-state index contributed by atoms with van der Waals surface area (Å²) in [5, 5.41) is 10.6. The number of ether oxygens (including phenoxy) is 1. The number of carbonyl (C=O) groups is 1. The van der Waals surface area contributed by atoms with Gasteiger partial charge in [-0.15, -0.1) is 24.8 Å². The van der Waals surface area contributed by atoms with Crippen LogP contribution in [0.2, 0.25) is 0 Å². The van der Waals surface area contributed by atoms with E-state index in [1.807, 2.05) is 0 Å². The summed E-state index contributed by atoms with van der Waals surface area (Å²) < 4.78 is 5.99. The molecule has 3 atom stereocenters. The van der Waals surface area contributed by atoms with E-state index in [4.69, 9.17) is 4.74 Å². The second-order valence-corrected chi connectivity index (χ2v) is 6.61. The predicted molar refractivity (Wildman–Crippen MR) is 87.6 cm³/mol. The van der Waals surface area contributed by atoms with Crippen LogP contribution in [0.1, 0.15) is 32.1 Å². The van der Waals surface area contributed by atoms with Gasteiger partial charge in [-0.3, -0.25) is 4.90 Å². The monoisotopic (exact) mass is 353 g/mol. The summed E-state index contributed by atoms with van der Waals surface area (Å²) in [7, 11) is 2.26. The van der Waals surface area contributed by atoms with Gasteiger partial charge >= 0.3 is 0 Å². The first-order valence-electron chi connectivity index (χ1n) is 7.89. The van der Waals surface area contributed by atoms with Crippen LogP contribution in [0.15, 0.2) is 0 Å². The number of morpholine rings is 1. The number of carbonyl (C=O) groups excluding carboxylic acids is 1. The van der Waals surface area contributed by atoms with Crippen LogP contribution in [0.5, 0.6) is 0 Å². The highest BCUT2D eigenvalue weighted by Crippen LogP contribution is 2.39. The van der Waals surface area contributed by atoms with Crippen LogP contribution in [-0.4, -0.2) is 67.2 Å². The highest BCUT2D eigenvalue weighted by molar-refractivity contribution is 5.85. The minimum atomic E-state index is -0.953. The van der Waals surface area contributed by atoms with Gasteiger partial charge in [0.2, 0.25) is 0 Å². The molecule has 0 amide bonds. The second-order valence-electron chi connectivity index (χ2n) is 6.61. The van der Waals surface area contributed by atoms with Gasteiger partial charge in [0.05, 0.1) is 12.7 Å². The van der Waals surface area contributed by atoms with Crippen LogP contribution in [0, 0.1) is 5.92 Å². The van der Waals surface area contributed by atoms with E-state index in [0.717, 1.165) is 31.8 Å². The van der Waals surface area contributed by atoms with Crippen molar-refractivity contribution in [2.24, 2.45) is 5.92 Å². The van der Waals surface area contributed by atoms with Crippen LogP contribution in [0.3, 0.4) is 0 Å². The molecule has 0 N–H and O–H groups in total. The van der Waals surface area contributed by atoms with E-state index in [1.54, 1.807) is 0 Å². The Morgan fingerprint density at radius 1 is 1.23 bits per heavy atom. The number of hydrogen-bond acceptors (Lipinski definition) is 5. The van der Waals surface area contributed by atoms with Crippen molar-refractivity contribution >= 4 is 30.8 Å². The number of carboxylic acid groups (broad SMARTS) is 1. The Labute approximate surface area is 145 Å². The Morgan fingerprint density at radius 2 is 1.86 bits per heavy atom. The topological polar surface area (TPSA) is 55.8 Å². The molecule has 0 aromatic carbocycles. The normalized spacial score (nSPS) is 35.5. The van der Waals surface area contributed by atoms with E-state index in [9.17, 15) is 9.90 Å². The summed E-state index contributed by atoms with van der Waals surface area (Å²) in [6.07, 6.45) is 5.57. The fourth-order valence-corrected chi connectivity index (χ4v) is 4.23. The number of aliphatic carboxylic acids is 1. The standard InChI is InChI=1S/C15H26N2O3.2ClH/c1-16-12-2-3-13(16)9-11(8-12)14-10-17(6-7-20-14)5-4-15(18)19;;/h11-14H,2-10H2,1H3,(H,18,19);2*1H/p-1. The van der Waals surface area contributed by atoms with Crippen LogP contribution in [-0.2, 0) is 9.53 Å². The average Bonchev–Trinajstić information content (AvgIpc) is 2.67. The molecule has 3 saturated heterocycles. The summed E-state index contributed by atoms with van der Waals surface area (Å²) in [5.41, 5.74) is 0. The van der Waals surface area contributed by atoms with Crippen LogP contribution >= 0.6 is 24.8 Å². The maximum atomic E-state index is 10.6. The first-order valence-corrected chi connectivity index (χ1v) is 7.89. The molecule has 3 rings (SSSR count). The Balaban J connectivity index is 0.00000121. The fourth-order valence-electron chi connectivity index (χ4n) is 4.23. The van der Waals surface area contributed by atoms with Crippen molar-refractivity contribution in [2.45, 2.75) is 50.3 Å². The lowest BCUT2D eigenvalue weighted by molar-refractivity contribution is -0.306. The lowest BCUT2D eigenvalue weighted by Crippen LogP contribution is -2.50. The Hall–Kier alpha value is -0.0700. The fraction of sp³-hybridized carbons (Fsp3) is 0.933.